The van der Waals surface area contributed by atoms with Gasteiger partial charge in [-0.1, -0.05) is 0 Å². The molecule has 128 valence electrons. The van der Waals surface area contributed by atoms with Crippen LogP contribution in [-0.2, 0) is 9.53 Å². The van der Waals surface area contributed by atoms with Gasteiger partial charge in [-0.2, -0.15) is 5.10 Å². The van der Waals surface area contributed by atoms with Crippen molar-refractivity contribution in [2.24, 2.45) is 0 Å². The first kappa shape index (κ1) is 16.6. The standard InChI is InChI=1S/C17H23N5O2/c1-11-7-16(21-20-11)15-8-14(18-12(2)19-15)13-5-4-6-22(9-13)17(23)10-24-3/h7-8,13H,4-6,9-10H2,1-3H3,(H,20,21)/t13-/m1/s1. The zero-order valence-corrected chi connectivity index (χ0v) is 14.4. The summed E-state index contributed by atoms with van der Waals surface area (Å²) in [5, 5.41) is 7.23. The molecule has 2 aromatic heterocycles. The van der Waals surface area contributed by atoms with Gasteiger partial charge in [0.2, 0.25) is 5.91 Å². The third kappa shape index (κ3) is 3.62. The summed E-state index contributed by atoms with van der Waals surface area (Å²) >= 11 is 0. The van der Waals surface area contributed by atoms with Gasteiger partial charge in [0.05, 0.1) is 5.69 Å². The van der Waals surface area contributed by atoms with Crippen molar-refractivity contribution in [3.63, 3.8) is 0 Å². The van der Waals surface area contributed by atoms with E-state index in [1.165, 1.54) is 0 Å². The Kier molecular flexibility index (Phi) is 4.89. The molecule has 1 aliphatic rings. The van der Waals surface area contributed by atoms with Gasteiger partial charge in [0.25, 0.3) is 0 Å². The van der Waals surface area contributed by atoms with Crippen molar-refractivity contribution in [2.45, 2.75) is 32.6 Å². The van der Waals surface area contributed by atoms with Crippen LogP contribution in [0.25, 0.3) is 11.4 Å². The summed E-state index contributed by atoms with van der Waals surface area (Å²) in [6.07, 6.45) is 1.99. The predicted molar refractivity (Wildman–Crippen MR) is 89.5 cm³/mol. The van der Waals surface area contributed by atoms with Gasteiger partial charge in [0.1, 0.15) is 18.1 Å². The summed E-state index contributed by atoms with van der Waals surface area (Å²) in [6, 6.07) is 3.97. The Morgan fingerprint density at radius 3 is 2.88 bits per heavy atom. The number of hydrogen-bond acceptors (Lipinski definition) is 5. The zero-order chi connectivity index (χ0) is 17.1. The molecule has 3 rings (SSSR count). The number of aromatic amines is 1. The van der Waals surface area contributed by atoms with E-state index in [1.54, 1.807) is 7.11 Å². The Morgan fingerprint density at radius 1 is 1.33 bits per heavy atom. The molecule has 0 unspecified atom stereocenters. The van der Waals surface area contributed by atoms with Crippen LogP contribution in [0, 0.1) is 13.8 Å². The number of ether oxygens (including phenoxy) is 1. The first-order valence-corrected chi connectivity index (χ1v) is 8.21. The number of aryl methyl sites for hydroxylation is 2. The Bertz CT molecular complexity index is 728. The summed E-state index contributed by atoms with van der Waals surface area (Å²) in [5.74, 6) is 0.986. The van der Waals surface area contributed by atoms with Gasteiger partial charge in [-0.15, -0.1) is 0 Å². The highest BCUT2D eigenvalue weighted by molar-refractivity contribution is 5.77. The van der Waals surface area contributed by atoms with E-state index in [4.69, 9.17) is 4.74 Å². The van der Waals surface area contributed by atoms with Crippen molar-refractivity contribution in [3.8, 4) is 11.4 Å². The van der Waals surface area contributed by atoms with Crippen LogP contribution < -0.4 is 0 Å². The van der Waals surface area contributed by atoms with Gasteiger partial charge in [0, 0.05) is 37.5 Å². The van der Waals surface area contributed by atoms with E-state index in [1.807, 2.05) is 30.9 Å². The van der Waals surface area contributed by atoms with E-state index >= 15 is 0 Å². The summed E-state index contributed by atoms with van der Waals surface area (Å²) in [6.45, 7) is 5.45. The highest BCUT2D eigenvalue weighted by atomic mass is 16.5. The average Bonchev–Trinajstić information content (AvgIpc) is 3.01. The van der Waals surface area contributed by atoms with Crippen LogP contribution in [0.4, 0.5) is 0 Å². The largest absolute Gasteiger partial charge is 0.375 e. The van der Waals surface area contributed by atoms with Crippen LogP contribution in [0.5, 0.6) is 0 Å². The first-order chi connectivity index (χ1) is 11.6. The molecule has 1 aliphatic heterocycles. The van der Waals surface area contributed by atoms with Crippen molar-refractivity contribution < 1.29 is 9.53 Å². The molecule has 1 N–H and O–H groups in total. The number of methoxy groups -OCH3 is 1. The molecule has 3 heterocycles. The third-order valence-corrected chi connectivity index (χ3v) is 4.29. The Labute approximate surface area is 141 Å². The lowest BCUT2D eigenvalue weighted by molar-refractivity contribution is -0.136. The van der Waals surface area contributed by atoms with Crippen molar-refractivity contribution in [1.29, 1.82) is 0 Å². The fourth-order valence-corrected chi connectivity index (χ4v) is 3.14. The first-order valence-electron chi connectivity index (χ1n) is 8.21. The van der Waals surface area contributed by atoms with Crippen LogP contribution >= 0.6 is 0 Å². The van der Waals surface area contributed by atoms with Crippen LogP contribution in [0.2, 0.25) is 0 Å². The number of likely N-dealkylation sites (tertiary alicyclic amines) is 1. The van der Waals surface area contributed by atoms with E-state index < -0.39 is 0 Å². The van der Waals surface area contributed by atoms with Crippen molar-refractivity contribution in [1.82, 2.24) is 25.1 Å². The Balaban J connectivity index is 1.83. The lowest BCUT2D eigenvalue weighted by Gasteiger charge is -2.32. The molecule has 24 heavy (non-hydrogen) atoms. The molecule has 2 aromatic rings. The van der Waals surface area contributed by atoms with Gasteiger partial charge >= 0.3 is 0 Å². The predicted octanol–water partition coefficient (Wildman–Crippen LogP) is 1.84. The van der Waals surface area contributed by atoms with Gasteiger partial charge in [-0.25, -0.2) is 9.97 Å². The second kappa shape index (κ2) is 7.09. The van der Waals surface area contributed by atoms with Crippen LogP contribution in [-0.4, -0.2) is 57.8 Å². The lowest BCUT2D eigenvalue weighted by Crippen LogP contribution is -2.41. The molecule has 0 radical (unpaired) electrons. The summed E-state index contributed by atoms with van der Waals surface area (Å²) in [4.78, 5) is 23.1. The van der Waals surface area contributed by atoms with E-state index in [0.717, 1.165) is 48.0 Å². The highest BCUT2D eigenvalue weighted by Gasteiger charge is 2.26. The number of carbonyl (C=O) groups excluding carboxylic acids is 1. The number of hydrogen-bond donors (Lipinski definition) is 1. The maximum absolute atomic E-state index is 12.1. The molecular weight excluding hydrogens is 306 g/mol. The van der Waals surface area contributed by atoms with Crippen molar-refractivity contribution in [3.05, 3.63) is 29.3 Å². The minimum atomic E-state index is 0.0381. The number of H-pyrrole nitrogens is 1. The number of nitrogens with one attached hydrogen (secondary N) is 1. The molecule has 0 bridgehead atoms. The monoisotopic (exact) mass is 329 g/mol. The molecule has 1 amide bonds. The smallest absolute Gasteiger partial charge is 0.248 e. The van der Waals surface area contributed by atoms with E-state index in [0.29, 0.717) is 6.54 Å². The second-order valence-electron chi connectivity index (χ2n) is 6.27. The number of nitrogens with zero attached hydrogens (tertiary/aromatic N) is 4. The maximum atomic E-state index is 12.1. The molecule has 0 saturated carbocycles. The van der Waals surface area contributed by atoms with Crippen molar-refractivity contribution >= 4 is 5.91 Å². The number of amides is 1. The molecule has 1 fully saturated rings. The van der Waals surface area contributed by atoms with Gasteiger partial charge in [0.15, 0.2) is 0 Å². The second-order valence-corrected chi connectivity index (χ2v) is 6.27. The molecular formula is C17H23N5O2. The lowest BCUT2D eigenvalue weighted by atomic mass is 9.93. The average molecular weight is 329 g/mol. The fraction of sp³-hybridized carbons (Fsp3) is 0.529. The number of aromatic nitrogens is 4. The highest BCUT2D eigenvalue weighted by Crippen LogP contribution is 2.28. The molecule has 0 spiro atoms. The molecule has 0 aliphatic carbocycles. The topological polar surface area (TPSA) is 84.0 Å². The van der Waals surface area contributed by atoms with Gasteiger partial charge in [-0.3, -0.25) is 9.89 Å². The number of piperidine rings is 1. The SMILES string of the molecule is COCC(=O)N1CCC[C@@H](c2cc(-c3cc(C)[nH]n3)nc(C)n2)C1. The van der Waals surface area contributed by atoms with Gasteiger partial charge < -0.3 is 9.64 Å². The van der Waals surface area contributed by atoms with Crippen molar-refractivity contribution in [2.75, 3.05) is 26.8 Å². The van der Waals surface area contributed by atoms with Gasteiger partial charge in [-0.05, 0) is 38.8 Å². The summed E-state index contributed by atoms with van der Waals surface area (Å²) in [7, 11) is 1.55. The summed E-state index contributed by atoms with van der Waals surface area (Å²) in [5.41, 5.74) is 3.62. The zero-order valence-electron chi connectivity index (χ0n) is 14.4. The van der Waals surface area contributed by atoms with E-state index in [2.05, 4.69) is 20.2 Å². The minimum Gasteiger partial charge on any atom is -0.375 e. The normalized spacial score (nSPS) is 18.0. The van der Waals surface area contributed by atoms with E-state index in [-0.39, 0.29) is 18.4 Å². The summed E-state index contributed by atoms with van der Waals surface area (Å²) < 4.78 is 4.97. The fourth-order valence-electron chi connectivity index (χ4n) is 3.14. The molecule has 1 saturated heterocycles. The minimum absolute atomic E-state index is 0.0381. The molecule has 1 atom stereocenters. The third-order valence-electron chi connectivity index (χ3n) is 4.29. The number of rotatable bonds is 4. The van der Waals surface area contributed by atoms with Crippen LogP contribution in [0.1, 0.15) is 36.0 Å². The maximum Gasteiger partial charge on any atom is 0.248 e. The Morgan fingerprint density at radius 2 is 2.17 bits per heavy atom. The number of carbonyl (C=O) groups is 1. The Hall–Kier alpha value is -2.28. The van der Waals surface area contributed by atoms with Crippen LogP contribution in [0.3, 0.4) is 0 Å². The quantitative estimate of drug-likeness (QED) is 0.925. The molecule has 7 heteroatoms. The van der Waals surface area contributed by atoms with E-state index in [9.17, 15) is 4.79 Å². The molecule has 7 nitrogen and oxygen atoms in total. The molecule has 0 aromatic carbocycles. The van der Waals surface area contributed by atoms with Crippen LogP contribution in [0.15, 0.2) is 12.1 Å².